The summed E-state index contributed by atoms with van der Waals surface area (Å²) in [7, 11) is 0. The maximum Gasteiger partial charge on any atom is 0.387 e. The summed E-state index contributed by atoms with van der Waals surface area (Å²) < 4.78 is 41.5. The molecule has 0 heterocycles. The molecule has 106 valence electrons. The van der Waals surface area contributed by atoms with Gasteiger partial charge in [0, 0.05) is 5.69 Å². The highest BCUT2D eigenvalue weighted by Gasteiger charge is 2.06. The summed E-state index contributed by atoms with van der Waals surface area (Å²) in [6, 6.07) is 8.74. The number of rotatable bonds is 4. The molecule has 0 aliphatic carbocycles. The normalized spacial score (nSPS) is 10.7. The van der Waals surface area contributed by atoms with Gasteiger partial charge < -0.3 is 15.8 Å². The third kappa shape index (κ3) is 3.34. The average Bonchev–Trinajstić information content (AvgIpc) is 2.37. The van der Waals surface area contributed by atoms with E-state index in [9.17, 15) is 13.2 Å². The van der Waals surface area contributed by atoms with Gasteiger partial charge in [0.05, 0.1) is 11.4 Å². The molecule has 6 heteroatoms. The zero-order chi connectivity index (χ0) is 14.7. The van der Waals surface area contributed by atoms with Crippen molar-refractivity contribution in [3.05, 3.63) is 47.8 Å². The van der Waals surface area contributed by atoms with Gasteiger partial charge in [0.2, 0.25) is 0 Å². The number of aryl methyl sites for hydroxylation is 1. The molecule has 0 amide bonds. The Labute approximate surface area is 114 Å². The van der Waals surface area contributed by atoms with E-state index in [-0.39, 0.29) is 17.3 Å². The Morgan fingerprint density at radius 3 is 2.40 bits per heavy atom. The second kappa shape index (κ2) is 5.73. The van der Waals surface area contributed by atoms with Gasteiger partial charge in [-0.05, 0) is 48.9 Å². The van der Waals surface area contributed by atoms with E-state index in [2.05, 4.69) is 10.1 Å². The van der Waals surface area contributed by atoms with E-state index in [1.54, 1.807) is 25.1 Å². The van der Waals surface area contributed by atoms with E-state index in [1.165, 1.54) is 18.2 Å². The Morgan fingerprint density at radius 2 is 1.80 bits per heavy atom. The van der Waals surface area contributed by atoms with Gasteiger partial charge in [-0.15, -0.1) is 0 Å². The van der Waals surface area contributed by atoms with Crippen LogP contribution in [0.5, 0.6) is 5.75 Å². The first-order valence-corrected chi connectivity index (χ1v) is 5.83. The molecule has 0 aromatic heterocycles. The Kier molecular flexibility index (Phi) is 4.02. The predicted molar refractivity (Wildman–Crippen MR) is 71.9 cm³/mol. The summed E-state index contributed by atoms with van der Waals surface area (Å²) in [6.45, 7) is -1.23. The standard InChI is InChI=1S/C14H13F3N2O/c1-8-6-13(12(18)7-11(8)15)19-9-2-4-10(5-3-9)20-14(16)17/h2-7,14,19H,18H2,1H3. The van der Waals surface area contributed by atoms with Crippen molar-refractivity contribution in [2.75, 3.05) is 11.1 Å². The van der Waals surface area contributed by atoms with Gasteiger partial charge in [-0.3, -0.25) is 0 Å². The maximum absolute atomic E-state index is 13.3. The number of halogens is 3. The Bertz CT molecular complexity index is 600. The number of nitrogens with one attached hydrogen (secondary N) is 1. The van der Waals surface area contributed by atoms with E-state index in [4.69, 9.17) is 5.73 Å². The van der Waals surface area contributed by atoms with Gasteiger partial charge in [-0.1, -0.05) is 0 Å². The van der Waals surface area contributed by atoms with Crippen LogP contribution in [0.1, 0.15) is 5.56 Å². The third-order valence-corrected chi connectivity index (χ3v) is 2.69. The molecule has 0 fully saturated rings. The first kappa shape index (κ1) is 14.0. The summed E-state index contributed by atoms with van der Waals surface area (Å²) >= 11 is 0. The van der Waals surface area contributed by atoms with E-state index in [1.807, 2.05) is 0 Å². The first-order chi connectivity index (χ1) is 9.45. The largest absolute Gasteiger partial charge is 0.435 e. The van der Waals surface area contributed by atoms with Crippen LogP contribution in [0.15, 0.2) is 36.4 Å². The minimum Gasteiger partial charge on any atom is -0.435 e. The number of benzene rings is 2. The molecule has 3 nitrogen and oxygen atoms in total. The Morgan fingerprint density at radius 1 is 1.15 bits per heavy atom. The first-order valence-electron chi connectivity index (χ1n) is 5.83. The zero-order valence-electron chi connectivity index (χ0n) is 10.7. The maximum atomic E-state index is 13.3. The highest BCUT2D eigenvalue weighted by atomic mass is 19.3. The highest BCUT2D eigenvalue weighted by Crippen LogP contribution is 2.27. The van der Waals surface area contributed by atoms with E-state index in [0.717, 1.165) is 0 Å². The van der Waals surface area contributed by atoms with E-state index < -0.39 is 6.61 Å². The molecule has 2 aromatic rings. The summed E-state index contributed by atoms with van der Waals surface area (Å²) in [5.74, 6) is -0.317. The van der Waals surface area contributed by atoms with Crippen molar-refractivity contribution in [1.82, 2.24) is 0 Å². The molecule has 2 aromatic carbocycles. The number of anilines is 3. The van der Waals surface area contributed by atoms with Crippen LogP contribution >= 0.6 is 0 Å². The van der Waals surface area contributed by atoms with Crippen molar-refractivity contribution in [2.24, 2.45) is 0 Å². The van der Waals surface area contributed by atoms with Crippen LogP contribution in [-0.2, 0) is 0 Å². The minimum absolute atomic E-state index is 0.0637. The van der Waals surface area contributed by atoms with Crippen molar-refractivity contribution < 1.29 is 17.9 Å². The number of nitrogens with two attached hydrogens (primary N) is 1. The zero-order valence-corrected chi connectivity index (χ0v) is 10.7. The third-order valence-electron chi connectivity index (χ3n) is 2.69. The molecule has 0 aliphatic heterocycles. The molecule has 0 aliphatic rings. The minimum atomic E-state index is -2.86. The van der Waals surface area contributed by atoms with Gasteiger partial charge in [0.15, 0.2) is 0 Å². The topological polar surface area (TPSA) is 47.3 Å². The molecular formula is C14H13F3N2O. The molecule has 3 N–H and O–H groups in total. The lowest BCUT2D eigenvalue weighted by Gasteiger charge is -2.11. The summed E-state index contributed by atoms with van der Waals surface area (Å²) in [6.07, 6.45) is 0. The van der Waals surface area contributed by atoms with Crippen molar-refractivity contribution >= 4 is 17.1 Å². The molecule has 0 radical (unpaired) electrons. The van der Waals surface area contributed by atoms with Crippen LogP contribution in [0.25, 0.3) is 0 Å². The van der Waals surface area contributed by atoms with E-state index >= 15 is 0 Å². The van der Waals surface area contributed by atoms with Gasteiger partial charge in [-0.25, -0.2) is 4.39 Å². The molecule has 0 saturated carbocycles. The van der Waals surface area contributed by atoms with Crippen LogP contribution in [-0.4, -0.2) is 6.61 Å². The summed E-state index contributed by atoms with van der Waals surface area (Å²) in [4.78, 5) is 0. The summed E-state index contributed by atoms with van der Waals surface area (Å²) in [5, 5.41) is 2.99. The lowest BCUT2D eigenvalue weighted by atomic mass is 10.1. The molecule has 0 unspecified atom stereocenters. The van der Waals surface area contributed by atoms with Crippen LogP contribution < -0.4 is 15.8 Å². The number of hydrogen-bond donors (Lipinski definition) is 2. The lowest BCUT2D eigenvalue weighted by molar-refractivity contribution is -0.0498. The van der Waals surface area contributed by atoms with E-state index in [0.29, 0.717) is 16.9 Å². The second-order valence-electron chi connectivity index (χ2n) is 4.22. The van der Waals surface area contributed by atoms with Crippen molar-refractivity contribution in [3.63, 3.8) is 0 Å². The molecule has 0 spiro atoms. The smallest absolute Gasteiger partial charge is 0.387 e. The van der Waals surface area contributed by atoms with Gasteiger partial charge in [-0.2, -0.15) is 8.78 Å². The molecule has 0 bridgehead atoms. The SMILES string of the molecule is Cc1cc(Nc2ccc(OC(F)F)cc2)c(N)cc1F. The van der Waals surface area contributed by atoms with Crippen LogP contribution in [0.3, 0.4) is 0 Å². The molecule has 0 saturated heterocycles. The highest BCUT2D eigenvalue weighted by molar-refractivity contribution is 5.73. The number of nitrogen functional groups attached to an aromatic ring is 1. The van der Waals surface area contributed by atoms with Crippen LogP contribution in [0.4, 0.5) is 30.2 Å². The monoisotopic (exact) mass is 282 g/mol. The second-order valence-corrected chi connectivity index (χ2v) is 4.22. The quantitative estimate of drug-likeness (QED) is 0.831. The number of alkyl halides is 2. The van der Waals surface area contributed by atoms with Crippen molar-refractivity contribution in [2.45, 2.75) is 13.5 Å². The van der Waals surface area contributed by atoms with Crippen LogP contribution in [0, 0.1) is 12.7 Å². The fourth-order valence-corrected chi connectivity index (χ4v) is 1.68. The Hall–Kier alpha value is -2.37. The molecule has 2 rings (SSSR count). The molecule has 0 atom stereocenters. The van der Waals surface area contributed by atoms with Gasteiger partial charge in [0.1, 0.15) is 11.6 Å². The average molecular weight is 282 g/mol. The van der Waals surface area contributed by atoms with Gasteiger partial charge in [0.25, 0.3) is 0 Å². The fourth-order valence-electron chi connectivity index (χ4n) is 1.68. The Balaban J connectivity index is 2.16. The lowest BCUT2D eigenvalue weighted by Crippen LogP contribution is -2.02. The van der Waals surface area contributed by atoms with Crippen molar-refractivity contribution in [1.29, 1.82) is 0 Å². The number of ether oxygens (including phenoxy) is 1. The number of hydrogen-bond acceptors (Lipinski definition) is 3. The van der Waals surface area contributed by atoms with Gasteiger partial charge >= 0.3 is 6.61 Å². The summed E-state index contributed by atoms with van der Waals surface area (Å²) in [5.41, 5.74) is 7.61. The van der Waals surface area contributed by atoms with Crippen LogP contribution in [0.2, 0.25) is 0 Å². The molecule has 20 heavy (non-hydrogen) atoms. The van der Waals surface area contributed by atoms with Crippen molar-refractivity contribution in [3.8, 4) is 5.75 Å². The fraction of sp³-hybridized carbons (Fsp3) is 0.143. The predicted octanol–water partition coefficient (Wildman–Crippen LogP) is 4.06. The molecular weight excluding hydrogens is 269 g/mol.